The first-order valence-electron chi connectivity index (χ1n) is 7.13. The molecule has 1 aromatic carbocycles. The van der Waals surface area contributed by atoms with Crippen LogP contribution in [0.2, 0.25) is 0 Å². The summed E-state index contributed by atoms with van der Waals surface area (Å²) in [6.45, 7) is 2.24. The predicted molar refractivity (Wildman–Crippen MR) is 88.3 cm³/mol. The molecular formula is C15H13N5O4. The summed E-state index contributed by atoms with van der Waals surface area (Å²) in [5, 5.41) is 15.0. The summed E-state index contributed by atoms with van der Waals surface area (Å²) in [7, 11) is 0. The lowest BCUT2D eigenvalue weighted by atomic mass is 10.2. The molecule has 2 aromatic heterocycles. The zero-order chi connectivity index (χ0) is 17.1. The highest BCUT2D eigenvalue weighted by Gasteiger charge is 2.11. The number of fused-ring (bicyclic) bond motifs is 1. The van der Waals surface area contributed by atoms with Crippen molar-refractivity contribution < 1.29 is 9.34 Å². The van der Waals surface area contributed by atoms with Gasteiger partial charge in [0.1, 0.15) is 4.92 Å². The van der Waals surface area contributed by atoms with Gasteiger partial charge in [0.2, 0.25) is 5.95 Å². The molecule has 122 valence electrons. The van der Waals surface area contributed by atoms with Gasteiger partial charge in [-0.3, -0.25) is 19.5 Å². The van der Waals surface area contributed by atoms with Crippen molar-refractivity contribution in [2.24, 2.45) is 5.10 Å². The van der Waals surface area contributed by atoms with Crippen LogP contribution in [0, 0.1) is 10.1 Å². The van der Waals surface area contributed by atoms with E-state index >= 15 is 0 Å². The molecule has 9 heteroatoms. The van der Waals surface area contributed by atoms with E-state index in [9.17, 15) is 14.9 Å². The number of para-hydroxylation sites is 1. The van der Waals surface area contributed by atoms with Crippen molar-refractivity contribution in [2.45, 2.75) is 13.5 Å². The van der Waals surface area contributed by atoms with Gasteiger partial charge >= 0.3 is 5.88 Å². The van der Waals surface area contributed by atoms with Crippen LogP contribution >= 0.6 is 0 Å². The second kappa shape index (κ2) is 6.32. The van der Waals surface area contributed by atoms with E-state index < -0.39 is 4.92 Å². The predicted octanol–water partition coefficient (Wildman–Crippen LogP) is 2.36. The van der Waals surface area contributed by atoms with Crippen LogP contribution in [0.4, 0.5) is 11.8 Å². The number of nitro groups is 1. The van der Waals surface area contributed by atoms with E-state index in [2.05, 4.69) is 15.5 Å². The molecule has 0 spiro atoms. The van der Waals surface area contributed by atoms with Gasteiger partial charge in [0, 0.05) is 6.54 Å². The number of nitrogens with zero attached hydrogens (tertiary/aromatic N) is 4. The number of hydrogen-bond acceptors (Lipinski definition) is 7. The SMILES string of the molecule is CCn1c(N/N=C\c2ccc([N+](=O)[O-])o2)nc2ccccc2c1=O. The van der Waals surface area contributed by atoms with Gasteiger partial charge in [-0.05, 0) is 25.1 Å². The summed E-state index contributed by atoms with van der Waals surface area (Å²) < 4.78 is 6.40. The number of benzene rings is 1. The zero-order valence-electron chi connectivity index (χ0n) is 12.7. The molecule has 3 rings (SSSR count). The second-order valence-electron chi connectivity index (χ2n) is 4.81. The number of hydrogen-bond donors (Lipinski definition) is 1. The Morgan fingerprint density at radius 1 is 1.38 bits per heavy atom. The average molecular weight is 327 g/mol. The van der Waals surface area contributed by atoms with Crippen molar-refractivity contribution in [3.63, 3.8) is 0 Å². The molecule has 24 heavy (non-hydrogen) atoms. The van der Waals surface area contributed by atoms with Crippen molar-refractivity contribution in [3.05, 3.63) is 62.6 Å². The largest absolute Gasteiger partial charge is 0.433 e. The van der Waals surface area contributed by atoms with Crippen molar-refractivity contribution in [1.82, 2.24) is 9.55 Å². The minimum Gasteiger partial charge on any atom is -0.400 e. The molecular weight excluding hydrogens is 314 g/mol. The normalized spacial score (nSPS) is 11.2. The highest BCUT2D eigenvalue weighted by atomic mass is 16.6. The van der Waals surface area contributed by atoms with E-state index in [4.69, 9.17) is 4.42 Å². The molecule has 0 saturated heterocycles. The summed E-state index contributed by atoms with van der Waals surface area (Å²) in [6, 6.07) is 9.68. The van der Waals surface area contributed by atoms with Crippen molar-refractivity contribution in [1.29, 1.82) is 0 Å². The molecule has 2 heterocycles. The van der Waals surface area contributed by atoms with Crippen molar-refractivity contribution in [2.75, 3.05) is 5.43 Å². The number of nitrogens with one attached hydrogen (secondary N) is 1. The third-order valence-corrected chi connectivity index (χ3v) is 3.33. The summed E-state index contributed by atoms with van der Waals surface area (Å²) in [5.41, 5.74) is 3.06. The topological polar surface area (TPSA) is 116 Å². The van der Waals surface area contributed by atoms with Crippen LogP contribution in [-0.2, 0) is 6.54 Å². The molecule has 9 nitrogen and oxygen atoms in total. The standard InChI is InChI=1S/C15H13N5O4/c1-2-19-14(21)11-5-3-4-6-12(11)17-15(19)18-16-9-10-7-8-13(24-10)20(22)23/h3-9H,2H2,1H3,(H,17,18)/b16-9-. The summed E-state index contributed by atoms with van der Waals surface area (Å²) in [4.78, 5) is 26.7. The molecule has 0 aliphatic carbocycles. The maximum atomic E-state index is 12.4. The lowest BCUT2D eigenvalue weighted by Crippen LogP contribution is -2.23. The van der Waals surface area contributed by atoms with Crippen LogP contribution in [0.3, 0.4) is 0 Å². The van der Waals surface area contributed by atoms with Crippen LogP contribution in [0.5, 0.6) is 0 Å². The number of rotatable bonds is 5. The number of furan rings is 1. The fourth-order valence-electron chi connectivity index (χ4n) is 2.21. The summed E-state index contributed by atoms with van der Waals surface area (Å²) in [6.07, 6.45) is 1.27. The molecule has 0 aliphatic rings. The molecule has 0 radical (unpaired) electrons. The first-order valence-corrected chi connectivity index (χ1v) is 7.13. The molecule has 0 bridgehead atoms. The average Bonchev–Trinajstić information content (AvgIpc) is 3.04. The van der Waals surface area contributed by atoms with E-state index in [1.165, 1.54) is 22.9 Å². The molecule has 1 N–H and O–H groups in total. The van der Waals surface area contributed by atoms with E-state index in [1.807, 2.05) is 6.92 Å². The third kappa shape index (κ3) is 2.86. The van der Waals surface area contributed by atoms with Gasteiger partial charge in [-0.1, -0.05) is 12.1 Å². The Morgan fingerprint density at radius 3 is 2.88 bits per heavy atom. The van der Waals surface area contributed by atoms with Crippen LogP contribution in [0.1, 0.15) is 12.7 Å². The number of hydrazone groups is 1. The van der Waals surface area contributed by atoms with E-state index in [-0.39, 0.29) is 23.2 Å². The molecule has 0 unspecified atom stereocenters. The molecule has 3 aromatic rings. The van der Waals surface area contributed by atoms with Gasteiger partial charge in [0.25, 0.3) is 5.56 Å². The molecule has 0 atom stereocenters. The molecule has 0 fully saturated rings. The van der Waals surface area contributed by atoms with Crippen molar-refractivity contribution in [3.8, 4) is 0 Å². The lowest BCUT2D eigenvalue weighted by molar-refractivity contribution is -0.402. The minimum absolute atomic E-state index is 0.172. The lowest BCUT2D eigenvalue weighted by Gasteiger charge is -2.10. The molecule has 0 saturated carbocycles. The Bertz CT molecular complexity index is 989. The van der Waals surface area contributed by atoms with Gasteiger partial charge in [-0.2, -0.15) is 5.10 Å². The second-order valence-corrected chi connectivity index (χ2v) is 4.81. The Balaban J connectivity index is 1.90. The van der Waals surface area contributed by atoms with E-state index in [1.54, 1.807) is 24.3 Å². The maximum Gasteiger partial charge on any atom is 0.433 e. The number of aromatic nitrogens is 2. The van der Waals surface area contributed by atoms with Gasteiger partial charge < -0.3 is 4.42 Å². The molecule has 0 amide bonds. The van der Waals surface area contributed by atoms with E-state index in [0.717, 1.165) is 0 Å². The van der Waals surface area contributed by atoms with Gasteiger partial charge in [0.15, 0.2) is 5.76 Å². The van der Waals surface area contributed by atoms with E-state index in [0.29, 0.717) is 17.4 Å². The monoisotopic (exact) mass is 327 g/mol. The molecule has 0 aliphatic heterocycles. The van der Waals surface area contributed by atoms with Crippen LogP contribution in [0.25, 0.3) is 10.9 Å². The van der Waals surface area contributed by atoms with Crippen LogP contribution < -0.4 is 11.0 Å². The Kier molecular flexibility index (Phi) is 4.06. The number of anilines is 1. The summed E-state index contributed by atoms with van der Waals surface area (Å²) >= 11 is 0. The highest BCUT2D eigenvalue weighted by molar-refractivity contribution is 5.79. The van der Waals surface area contributed by atoms with Crippen molar-refractivity contribution >= 4 is 29.0 Å². The third-order valence-electron chi connectivity index (χ3n) is 3.33. The first-order chi connectivity index (χ1) is 11.6. The minimum atomic E-state index is -0.635. The fraction of sp³-hybridized carbons (Fsp3) is 0.133. The van der Waals surface area contributed by atoms with Gasteiger partial charge in [-0.25, -0.2) is 10.4 Å². The quantitative estimate of drug-likeness (QED) is 0.437. The van der Waals surface area contributed by atoms with Gasteiger partial charge in [0.05, 0.1) is 23.2 Å². The van der Waals surface area contributed by atoms with Crippen LogP contribution in [0.15, 0.2) is 50.7 Å². The fourth-order valence-corrected chi connectivity index (χ4v) is 2.21. The Labute approximate surface area is 135 Å². The highest BCUT2D eigenvalue weighted by Crippen LogP contribution is 2.14. The maximum absolute atomic E-state index is 12.4. The first kappa shape index (κ1) is 15.4. The summed E-state index contributed by atoms with van der Waals surface area (Å²) in [5.74, 6) is 0.115. The Morgan fingerprint density at radius 2 is 2.17 bits per heavy atom. The smallest absolute Gasteiger partial charge is 0.400 e. The zero-order valence-corrected chi connectivity index (χ0v) is 12.7. The van der Waals surface area contributed by atoms with Crippen LogP contribution in [-0.4, -0.2) is 20.7 Å². The van der Waals surface area contributed by atoms with Gasteiger partial charge in [-0.15, -0.1) is 0 Å². The Hall–Kier alpha value is -3.49.